The topological polar surface area (TPSA) is 47.7 Å². The maximum atomic E-state index is 4.53. The van der Waals surface area contributed by atoms with Crippen LogP contribution < -0.4 is 5.32 Å². The van der Waals surface area contributed by atoms with E-state index in [1.807, 2.05) is 24.3 Å². The third-order valence-electron chi connectivity index (χ3n) is 4.10. The van der Waals surface area contributed by atoms with E-state index < -0.39 is 0 Å². The number of nitrogens with one attached hydrogen (secondary N) is 1. The minimum atomic E-state index is 0.164. The van der Waals surface area contributed by atoms with Gasteiger partial charge >= 0.3 is 0 Å². The van der Waals surface area contributed by atoms with Crippen LogP contribution in [0.2, 0.25) is 0 Å². The standard InChI is InChI=1S/C14H21N5/c1-4-11-12(8-18(3)17-11)19-10-16-7-13(19)14(2)5-6-15-9-14/h7-8,10,15H,4-6,9H2,1-3H3. The van der Waals surface area contributed by atoms with Gasteiger partial charge in [0.15, 0.2) is 0 Å². The molecule has 0 amide bonds. The Balaban J connectivity index is 2.09. The molecule has 1 N–H and O–H groups in total. The third-order valence-corrected chi connectivity index (χ3v) is 4.10. The first-order chi connectivity index (χ1) is 9.14. The molecule has 0 bridgehead atoms. The minimum absolute atomic E-state index is 0.164. The first-order valence-corrected chi connectivity index (χ1v) is 6.90. The lowest BCUT2D eigenvalue weighted by atomic mass is 9.86. The molecule has 3 heterocycles. The fraction of sp³-hybridized carbons (Fsp3) is 0.571. The zero-order valence-corrected chi connectivity index (χ0v) is 11.8. The quantitative estimate of drug-likeness (QED) is 0.907. The van der Waals surface area contributed by atoms with Gasteiger partial charge in [0.05, 0.1) is 17.7 Å². The van der Waals surface area contributed by atoms with Crippen LogP contribution in [0.1, 0.15) is 31.7 Å². The Bertz CT molecular complexity index is 574. The molecule has 0 spiro atoms. The maximum absolute atomic E-state index is 4.53. The molecular formula is C14H21N5. The van der Waals surface area contributed by atoms with Gasteiger partial charge in [-0.15, -0.1) is 0 Å². The number of aromatic nitrogens is 4. The Kier molecular flexibility index (Phi) is 2.93. The first kappa shape index (κ1) is 12.4. The monoisotopic (exact) mass is 259 g/mol. The zero-order valence-electron chi connectivity index (χ0n) is 11.8. The van der Waals surface area contributed by atoms with Crippen molar-refractivity contribution in [1.82, 2.24) is 24.6 Å². The highest BCUT2D eigenvalue weighted by atomic mass is 15.3. The Morgan fingerprint density at radius 3 is 3.00 bits per heavy atom. The van der Waals surface area contributed by atoms with Crippen molar-refractivity contribution < 1.29 is 0 Å². The molecule has 3 rings (SSSR count). The van der Waals surface area contributed by atoms with Gasteiger partial charge in [0.25, 0.3) is 0 Å². The van der Waals surface area contributed by atoms with Gasteiger partial charge < -0.3 is 5.32 Å². The van der Waals surface area contributed by atoms with Gasteiger partial charge in [-0.25, -0.2) is 4.98 Å². The number of hydrogen-bond acceptors (Lipinski definition) is 3. The molecule has 1 aliphatic rings. The molecular weight excluding hydrogens is 238 g/mol. The molecule has 0 radical (unpaired) electrons. The van der Waals surface area contributed by atoms with Crippen LogP contribution in [-0.4, -0.2) is 32.4 Å². The van der Waals surface area contributed by atoms with E-state index in [4.69, 9.17) is 0 Å². The van der Waals surface area contributed by atoms with Crippen molar-refractivity contribution in [3.8, 4) is 5.69 Å². The van der Waals surface area contributed by atoms with Gasteiger partial charge in [0.1, 0.15) is 0 Å². The molecule has 0 aliphatic carbocycles. The summed E-state index contributed by atoms with van der Waals surface area (Å²) < 4.78 is 4.09. The molecule has 1 fully saturated rings. The lowest BCUT2D eigenvalue weighted by molar-refractivity contribution is 0.498. The highest BCUT2D eigenvalue weighted by Crippen LogP contribution is 2.32. The molecule has 102 valence electrons. The van der Waals surface area contributed by atoms with E-state index in [9.17, 15) is 0 Å². The SMILES string of the molecule is CCc1nn(C)cc1-n1cncc1C1(C)CCNC1. The predicted octanol–water partition coefficient (Wildman–Crippen LogP) is 1.42. The highest BCUT2D eigenvalue weighted by Gasteiger charge is 2.34. The molecule has 0 saturated carbocycles. The normalized spacial score (nSPS) is 23.1. The van der Waals surface area contributed by atoms with Gasteiger partial charge in [-0.05, 0) is 19.4 Å². The second-order valence-electron chi connectivity index (χ2n) is 5.62. The average molecular weight is 259 g/mol. The third kappa shape index (κ3) is 1.98. The van der Waals surface area contributed by atoms with Crippen molar-refractivity contribution in [2.45, 2.75) is 32.1 Å². The van der Waals surface area contributed by atoms with E-state index in [0.29, 0.717) is 0 Å². The lowest BCUT2D eigenvalue weighted by Crippen LogP contribution is -2.27. The van der Waals surface area contributed by atoms with Crippen LogP contribution in [-0.2, 0) is 18.9 Å². The van der Waals surface area contributed by atoms with Crippen LogP contribution in [0.3, 0.4) is 0 Å². The number of rotatable bonds is 3. The summed E-state index contributed by atoms with van der Waals surface area (Å²) in [6.45, 7) is 6.54. The summed E-state index contributed by atoms with van der Waals surface area (Å²) in [4.78, 5) is 4.37. The van der Waals surface area contributed by atoms with E-state index in [1.54, 1.807) is 0 Å². The molecule has 5 heteroatoms. The zero-order chi connectivity index (χ0) is 13.5. The number of hydrogen-bond donors (Lipinski definition) is 1. The van der Waals surface area contributed by atoms with Crippen LogP contribution in [0.4, 0.5) is 0 Å². The van der Waals surface area contributed by atoms with E-state index in [2.05, 4.69) is 40.0 Å². The highest BCUT2D eigenvalue weighted by molar-refractivity contribution is 5.38. The molecule has 5 nitrogen and oxygen atoms in total. The summed E-state index contributed by atoms with van der Waals surface area (Å²) in [6.07, 6.45) is 8.08. The summed E-state index contributed by atoms with van der Waals surface area (Å²) in [6, 6.07) is 0. The summed E-state index contributed by atoms with van der Waals surface area (Å²) in [5.41, 5.74) is 3.72. The van der Waals surface area contributed by atoms with Crippen molar-refractivity contribution in [2.24, 2.45) is 7.05 Å². The molecule has 1 unspecified atom stereocenters. The van der Waals surface area contributed by atoms with Gasteiger partial charge in [-0.1, -0.05) is 13.8 Å². The fourth-order valence-electron chi connectivity index (χ4n) is 2.94. The van der Waals surface area contributed by atoms with Crippen molar-refractivity contribution >= 4 is 0 Å². The summed E-state index contributed by atoms with van der Waals surface area (Å²) >= 11 is 0. The molecule has 1 aliphatic heterocycles. The molecule has 1 saturated heterocycles. The van der Waals surface area contributed by atoms with Gasteiger partial charge in [0.2, 0.25) is 0 Å². The van der Waals surface area contributed by atoms with Crippen molar-refractivity contribution in [3.63, 3.8) is 0 Å². The second kappa shape index (κ2) is 4.49. The van der Waals surface area contributed by atoms with Crippen LogP contribution in [0.25, 0.3) is 5.69 Å². The summed E-state index contributed by atoms with van der Waals surface area (Å²) in [5, 5.41) is 7.98. The first-order valence-electron chi connectivity index (χ1n) is 6.90. The largest absolute Gasteiger partial charge is 0.316 e. The van der Waals surface area contributed by atoms with Crippen LogP contribution in [0.15, 0.2) is 18.7 Å². The number of nitrogens with zero attached hydrogens (tertiary/aromatic N) is 4. The van der Waals surface area contributed by atoms with E-state index in [-0.39, 0.29) is 5.41 Å². The van der Waals surface area contributed by atoms with E-state index in [0.717, 1.165) is 37.3 Å². The van der Waals surface area contributed by atoms with Crippen molar-refractivity contribution in [1.29, 1.82) is 0 Å². The van der Waals surface area contributed by atoms with Crippen molar-refractivity contribution in [2.75, 3.05) is 13.1 Å². The average Bonchev–Trinajstić information content (AvgIpc) is 3.07. The minimum Gasteiger partial charge on any atom is -0.316 e. The Labute approximate surface area is 113 Å². The molecule has 2 aromatic rings. The van der Waals surface area contributed by atoms with Crippen molar-refractivity contribution in [3.05, 3.63) is 30.1 Å². The van der Waals surface area contributed by atoms with Gasteiger partial charge in [-0.2, -0.15) is 5.10 Å². The Hall–Kier alpha value is -1.62. The smallest absolute Gasteiger partial charge is 0.0995 e. The Morgan fingerprint density at radius 2 is 2.32 bits per heavy atom. The van der Waals surface area contributed by atoms with E-state index >= 15 is 0 Å². The summed E-state index contributed by atoms with van der Waals surface area (Å²) in [5.74, 6) is 0. The summed E-state index contributed by atoms with van der Waals surface area (Å²) in [7, 11) is 1.97. The second-order valence-corrected chi connectivity index (χ2v) is 5.62. The van der Waals surface area contributed by atoms with E-state index in [1.165, 1.54) is 5.69 Å². The number of aryl methyl sites for hydroxylation is 2. The lowest BCUT2D eigenvalue weighted by Gasteiger charge is -2.24. The predicted molar refractivity (Wildman–Crippen MR) is 74.5 cm³/mol. The van der Waals surface area contributed by atoms with Gasteiger partial charge in [0, 0.05) is 37.1 Å². The molecule has 1 atom stereocenters. The molecule has 19 heavy (non-hydrogen) atoms. The molecule has 0 aromatic carbocycles. The number of imidazole rings is 1. The Morgan fingerprint density at radius 1 is 1.47 bits per heavy atom. The maximum Gasteiger partial charge on any atom is 0.0995 e. The fourth-order valence-corrected chi connectivity index (χ4v) is 2.94. The van der Waals surface area contributed by atoms with Gasteiger partial charge in [-0.3, -0.25) is 9.25 Å². The van der Waals surface area contributed by atoms with Crippen LogP contribution in [0.5, 0.6) is 0 Å². The molecule has 2 aromatic heterocycles. The van der Waals surface area contributed by atoms with Crippen LogP contribution >= 0.6 is 0 Å². The van der Waals surface area contributed by atoms with Crippen LogP contribution in [0, 0.1) is 0 Å².